The van der Waals surface area contributed by atoms with Crippen molar-refractivity contribution < 1.29 is 0 Å². The zero-order valence-corrected chi connectivity index (χ0v) is 10.6. The zero-order chi connectivity index (χ0) is 13.1. The van der Waals surface area contributed by atoms with Crippen molar-refractivity contribution in [1.29, 1.82) is 0 Å². The van der Waals surface area contributed by atoms with E-state index in [0.717, 1.165) is 17.8 Å². The summed E-state index contributed by atoms with van der Waals surface area (Å²) in [6.45, 7) is 3.35. The average molecular weight is 254 g/mol. The summed E-state index contributed by atoms with van der Waals surface area (Å²) in [4.78, 5) is 4.53. The van der Waals surface area contributed by atoms with Crippen LogP contribution < -0.4 is 5.32 Å². The highest BCUT2D eigenvalue weighted by Crippen LogP contribution is 2.17. The van der Waals surface area contributed by atoms with Crippen LogP contribution in [0, 0.1) is 6.92 Å². The number of nitrogens with zero attached hydrogens (tertiary/aromatic N) is 4. The maximum absolute atomic E-state index is 4.53. The number of fused-ring (bicyclic) bond motifs is 1. The number of hydrogen-bond acceptors (Lipinski definition) is 5. The molecule has 1 aromatic carbocycles. The lowest BCUT2D eigenvalue weighted by Gasteiger charge is -2.08. The predicted molar refractivity (Wildman–Crippen MR) is 71.2 cm³/mol. The van der Waals surface area contributed by atoms with Crippen LogP contribution in [0.2, 0.25) is 0 Å². The van der Waals surface area contributed by atoms with Gasteiger partial charge < -0.3 is 5.32 Å². The van der Waals surface area contributed by atoms with Gasteiger partial charge in [0.05, 0.1) is 12.1 Å². The first-order valence-electron chi connectivity index (χ1n) is 6.11. The fraction of sp³-hybridized carbons (Fsp3) is 0.231. The molecule has 0 amide bonds. The van der Waals surface area contributed by atoms with Gasteiger partial charge in [0.25, 0.3) is 0 Å². The van der Waals surface area contributed by atoms with Gasteiger partial charge in [-0.2, -0.15) is 5.21 Å². The van der Waals surface area contributed by atoms with E-state index in [4.69, 9.17) is 0 Å². The molecule has 0 fully saturated rings. The third-order valence-electron chi connectivity index (χ3n) is 2.92. The molecule has 0 unspecified atom stereocenters. The number of tetrazole rings is 1. The average Bonchev–Trinajstić information content (AvgIpc) is 2.91. The molecule has 0 saturated heterocycles. The van der Waals surface area contributed by atoms with E-state index < -0.39 is 0 Å². The highest BCUT2D eigenvalue weighted by molar-refractivity contribution is 5.82. The van der Waals surface area contributed by atoms with E-state index in [1.165, 1.54) is 10.9 Å². The van der Waals surface area contributed by atoms with Crippen LogP contribution in [0.4, 0.5) is 0 Å². The van der Waals surface area contributed by atoms with E-state index >= 15 is 0 Å². The molecule has 19 heavy (non-hydrogen) atoms. The molecule has 0 aliphatic rings. The number of H-pyrrole nitrogens is 1. The van der Waals surface area contributed by atoms with Crippen LogP contribution in [0.1, 0.15) is 17.1 Å². The van der Waals surface area contributed by atoms with Crippen LogP contribution in [-0.4, -0.2) is 25.6 Å². The minimum atomic E-state index is 0.589. The lowest BCUT2D eigenvalue weighted by Crippen LogP contribution is -2.14. The van der Waals surface area contributed by atoms with Gasteiger partial charge in [0.1, 0.15) is 0 Å². The molecule has 96 valence electrons. The van der Waals surface area contributed by atoms with Crippen LogP contribution in [0.3, 0.4) is 0 Å². The number of pyridine rings is 1. The monoisotopic (exact) mass is 254 g/mol. The summed E-state index contributed by atoms with van der Waals surface area (Å²) in [5, 5.41) is 18.3. The number of aromatic nitrogens is 5. The second kappa shape index (κ2) is 5.11. The van der Waals surface area contributed by atoms with E-state index in [-0.39, 0.29) is 0 Å². The minimum absolute atomic E-state index is 0.589. The van der Waals surface area contributed by atoms with Crippen molar-refractivity contribution in [2.24, 2.45) is 0 Å². The second-order valence-corrected chi connectivity index (χ2v) is 4.37. The summed E-state index contributed by atoms with van der Waals surface area (Å²) in [6, 6.07) is 10.3. The Morgan fingerprint density at radius 3 is 2.95 bits per heavy atom. The zero-order valence-electron chi connectivity index (χ0n) is 10.6. The fourth-order valence-electron chi connectivity index (χ4n) is 2.11. The molecule has 0 bridgehead atoms. The molecule has 3 rings (SSSR count). The van der Waals surface area contributed by atoms with Gasteiger partial charge in [-0.1, -0.05) is 23.4 Å². The maximum atomic E-state index is 4.53. The van der Waals surface area contributed by atoms with E-state index in [2.05, 4.69) is 43.1 Å². The van der Waals surface area contributed by atoms with Gasteiger partial charge in [-0.25, -0.2) is 0 Å². The summed E-state index contributed by atoms with van der Waals surface area (Å²) in [7, 11) is 0. The lowest BCUT2D eigenvalue weighted by atomic mass is 10.1. The third kappa shape index (κ3) is 2.58. The van der Waals surface area contributed by atoms with E-state index in [9.17, 15) is 0 Å². The molecule has 0 aliphatic heterocycles. The van der Waals surface area contributed by atoms with Crippen LogP contribution in [0.25, 0.3) is 10.9 Å². The minimum Gasteiger partial charge on any atom is -0.306 e. The molecule has 6 heteroatoms. The fourth-order valence-corrected chi connectivity index (χ4v) is 2.11. The van der Waals surface area contributed by atoms with Crippen LogP contribution in [-0.2, 0) is 13.1 Å². The van der Waals surface area contributed by atoms with Crippen molar-refractivity contribution in [3.8, 4) is 0 Å². The van der Waals surface area contributed by atoms with Crippen molar-refractivity contribution >= 4 is 10.9 Å². The molecule has 2 N–H and O–H groups in total. The molecule has 0 saturated carbocycles. The summed E-state index contributed by atoms with van der Waals surface area (Å²) in [5.41, 5.74) is 3.28. The van der Waals surface area contributed by atoms with E-state index in [0.29, 0.717) is 12.4 Å². The van der Waals surface area contributed by atoms with Gasteiger partial charge in [-0.15, -0.1) is 10.2 Å². The topological polar surface area (TPSA) is 79.4 Å². The number of benzene rings is 1. The molecule has 6 nitrogen and oxygen atoms in total. The molecule has 0 radical (unpaired) electrons. The first-order valence-corrected chi connectivity index (χ1v) is 6.11. The second-order valence-electron chi connectivity index (χ2n) is 4.37. The van der Waals surface area contributed by atoms with Gasteiger partial charge in [0.15, 0.2) is 5.82 Å². The Labute approximate surface area is 110 Å². The Balaban J connectivity index is 1.80. The number of aryl methyl sites for hydroxylation is 1. The number of hydrogen-bond donors (Lipinski definition) is 2. The van der Waals surface area contributed by atoms with Crippen LogP contribution in [0.5, 0.6) is 0 Å². The Morgan fingerprint density at radius 2 is 2.11 bits per heavy atom. The van der Waals surface area contributed by atoms with Crippen molar-refractivity contribution in [3.05, 3.63) is 47.4 Å². The smallest absolute Gasteiger partial charge is 0.188 e. The van der Waals surface area contributed by atoms with E-state index in [1.54, 1.807) is 0 Å². The summed E-state index contributed by atoms with van der Waals surface area (Å²) >= 11 is 0. The maximum Gasteiger partial charge on any atom is 0.188 e. The van der Waals surface area contributed by atoms with Crippen molar-refractivity contribution in [3.63, 3.8) is 0 Å². The first-order chi connectivity index (χ1) is 9.33. The molecule has 0 spiro atoms. The molecule has 3 aromatic rings. The molecular formula is C13H14N6. The highest BCUT2D eigenvalue weighted by atomic mass is 15.5. The Bertz CT molecular complexity index is 677. The number of para-hydroxylation sites is 1. The molecular weight excluding hydrogens is 240 g/mol. The van der Waals surface area contributed by atoms with Crippen molar-refractivity contribution in [2.45, 2.75) is 20.0 Å². The molecule has 0 atom stereocenters. The highest BCUT2D eigenvalue weighted by Gasteiger charge is 2.04. The summed E-state index contributed by atoms with van der Waals surface area (Å²) in [5.74, 6) is 0.662. The number of nitrogens with one attached hydrogen (secondary N) is 2. The Hall–Kier alpha value is -2.34. The third-order valence-corrected chi connectivity index (χ3v) is 2.92. The molecule has 2 heterocycles. The SMILES string of the molecule is Cc1cc(CNCc2nn[nH]n2)c2ccccc2n1. The Morgan fingerprint density at radius 1 is 1.21 bits per heavy atom. The normalized spacial score (nSPS) is 11.0. The Kier molecular flexibility index (Phi) is 3.16. The van der Waals surface area contributed by atoms with Crippen molar-refractivity contribution in [1.82, 2.24) is 30.9 Å². The number of rotatable bonds is 4. The lowest BCUT2D eigenvalue weighted by molar-refractivity contribution is 0.665. The van der Waals surface area contributed by atoms with Crippen molar-refractivity contribution in [2.75, 3.05) is 0 Å². The standard InChI is InChI=1S/C13H14N6/c1-9-6-10(7-14-8-13-16-18-19-17-13)11-4-2-3-5-12(11)15-9/h2-6,14H,7-8H2,1H3,(H,16,17,18,19). The number of aromatic amines is 1. The quantitative estimate of drug-likeness (QED) is 0.734. The van der Waals surface area contributed by atoms with Crippen LogP contribution >= 0.6 is 0 Å². The van der Waals surface area contributed by atoms with Gasteiger partial charge in [-0.05, 0) is 24.6 Å². The first kappa shape index (κ1) is 11.7. The largest absolute Gasteiger partial charge is 0.306 e. The van der Waals surface area contributed by atoms with Gasteiger partial charge in [0.2, 0.25) is 0 Å². The summed E-state index contributed by atoms with van der Waals surface area (Å²) in [6.07, 6.45) is 0. The van der Waals surface area contributed by atoms with Crippen LogP contribution in [0.15, 0.2) is 30.3 Å². The van der Waals surface area contributed by atoms with Gasteiger partial charge >= 0.3 is 0 Å². The van der Waals surface area contributed by atoms with Gasteiger partial charge in [0, 0.05) is 17.6 Å². The molecule has 0 aliphatic carbocycles. The predicted octanol–water partition coefficient (Wildman–Crippen LogP) is 1.35. The summed E-state index contributed by atoms with van der Waals surface area (Å²) < 4.78 is 0. The van der Waals surface area contributed by atoms with E-state index in [1.807, 2.05) is 25.1 Å². The van der Waals surface area contributed by atoms with Gasteiger partial charge in [-0.3, -0.25) is 4.98 Å². The molecule has 2 aromatic heterocycles.